The van der Waals surface area contributed by atoms with Gasteiger partial charge in [0.15, 0.2) is 0 Å². The first-order valence-corrected chi connectivity index (χ1v) is 2.87. The van der Waals surface area contributed by atoms with E-state index in [4.69, 9.17) is 0 Å². The number of hydrogen-bond donors (Lipinski definition) is 0. The third-order valence-electron chi connectivity index (χ3n) is 1.41. The van der Waals surface area contributed by atoms with Gasteiger partial charge in [-0.3, -0.25) is 0 Å². The second-order valence-corrected chi connectivity index (χ2v) is 2.78. The van der Waals surface area contributed by atoms with Gasteiger partial charge < -0.3 is 0 Å². The van der Waals surface area contributed by atoms with Gasteiger partial charge in [-0.15, -0.1) is 0 Å². The van der Waals surface area contributed by atoms with E-state index in [0.29, 0.717) is 6.61 Å². The van der Waals surface area contributed by atoms with Crippen molar-refractivity contribution in [3.8, 4) is 0 Å². The van der Waals surface area contributed by atoms with Crippen LogP contribution in [0.4, 0.5) is 0 Å². The molecule has 0 bridgehead atoms. The van der Waals surface area contributed by atoms with Gasteiger partial charge in [-0.1, -0.05) is 20.8 Å². The monoisotopic (exact) mass is 117 g/mol. The van der Waals surface area contributed by atoms with Crippen LogP contribution in [0.5, 0.6) is 0 Å². The van der Waals surface area contributed by atoms with Gasteiger partial charge in [-0.05, 0) is 17.1 Å². The lowest BCUT2D eigenvalue weighted by Gasteiger charge is -2.18. The van der Waals surface area contributed by atoms with Crippen LogP contribution >= 0.6 is 0 Å². The fourth-order valence-electron chi connectivity index (χ4n) is 0.262. The van der Waals surface area contributed by atoms with Crippen LogP contribution in [0.2, 0.25) is 0 Å². The minimum Gasteiger partial charge on any atom is -0.203 e. The van der Waals surface area contributed by atoms with Gasteiger partial charge in [0.2, 0.25) is 0 Å². The van der Waals surface area contributed by atoms with Crippen molar-refractivity contribution in [2.24, 2.45) is 5.41 Å². The van der Waals surface area contributed by atoms with Crippen molar-refractivity contribution in [2.75, 3.05) is 6.61 Å². The molecule has 2 heteroatoms. The zero-order valence-corrected chi connectivity index (χ0v) is 5.73. The number of hydrogen-bond acceptors (Lipinski definition) is 1. The highest BCUT2D eigenvalue weighted by atomic mass is 17.1. The summed E-state index contributed by atoms with van der Waals surface area (Å²) < 4.78 is 0. The first-order valence-electron chi connectivity index (χ1n) is 2.87. The van der Waals surface area contributed by atoms with Gasteiger partial charge in [0.05, 0.1) is 6.61 Å². The summed E-state index contributed by atoms with van der Waals surface area (Å²) in [6, 6.07) is 0. The van der Waals surface area contributed by atoms with Crippen molar-refractivity contribution in [3.63, 3.8) is 0 Å². The van der Waals surface area contributed by atoms with Crippen LogP contribution in [0.1, 0.15) is 27.2 Å². The van der Waals surface area contributed by atoms with Crippen molar-refractivity contribution < 1.29 is 10.1 Å². The molecule has 0 aliphatic carbocycles. The molecule has 0 aromatic carbocycles. The SMILES string of the molecule is CCC(C)(C)CO[O]. The summed E-state index contributed by atoms with van der Waals surface area (Å²) in [7, 11) is 0. The molecular weight excluding hydrogens is 104 g/mol. The summed E-state index contributed by atoms with van der Waals surface area (Å²) in [6.45, 7) is 6.36. The second kappa shape index (κ2) is 3.05. The highest BCUT2D eigenvalue weighted by Crippen LogP contribution is 2.18. The molecule has 1 radical (unpaired) electrons. The molecule has 0 aliphatic heterocycles. The molecule has 0 N–H and O–H groups in total. The molecule has 8 heavy (non-hydrogen) atoms. The van der Waals surface area contributed by atoms with Gasteiger partial charge in [-0.2, -0.15) is 0 Å². The zero-order chi connectivity index (χ0) is 6.62. The molecule has 0 saturated heterocycles. The van der Waals surface area contributed by atoms with Crippen LogP contribution in [0.25, 0.3) is 0 Å². The lowest BCUT2D eigenvalue weighted by molar-refractivity contribution is -0.317. The van der Waals surface area contributed by atoms with Gasteiger partial charge in [0, 0.05) is 0 Å². The van der Waals surface area contributed by atoms with E-state index in [1.54, 1.807) is 0 Å². The van der Waals surface area contributed by atoms with E-state index >= 15 is 0 Å². The maximum absolute atomic E-state index is 9.60. The Bertz CT molecular complexity index is 59.5. The van der Waals surface area contributed by atoms with Crippen molar-refractivity contribution in [1.82, 2.24) is 0 Å². The van der Waals surface area contributed by atoms with E-state index in [1.807, 2.05) is 20.8 Å². The average molecular weight is 117 g/mol. The van der Waals surface area contributed by atoms with E-state index in [9.17, 15) is 5.26 Å². The Kier molecular flexibility index (Phi) is 3.02. The molecular formula is C6H13O2. The Morgan fingerprint density at radius 2 is 2.00 bits per heavy atom. The van der Waals surface area contributed by atoms with Crippen LogP contribution in [0.3, 0.4) is 0 Å². The lowest BCUT2D eigenvalue weighted by Crippen LogP contribution is -2.16. The summed E-state index contributed by atoms with van der Waals surface area (Å²) in [4.78, 5) is 3.75. The van der Waals surface area contributed by atoms with Crippen LogP contribution in [-0.4, -0.2) is 6.61 Å². The molecule has 2 nitrogen and oxygen atoms in total. The molecule has 0 fully saturated rings. The van der Waals surface area contributed by atoms with Crippen LogP contribution in [0.15, 0.2) is 0 Å². The van der Waals surface area contributed by atoms with Gasteiger partial charge in [0.1, 0.15) is 0 Å². The molecule has 0 heterocycles. The normalized spacial score (nSPS) is 12.0. The van der Waals surface area contributed by atoms with Crippen molar-refractivity contribution in [2.45, 2.75) is 27.2 Å². The maximum Gasteiger partial charge on any atom is 0.0905 e. The second-order valence-electron chi connectivity index (χ2n) is 2.78. The fourth-order valence-corrected chi connectivity index (χ4v) is 0.262. The predicted octanol–water partition coefficient (Wildman–Crippen LogP) is 1.78. The molecule has 0 atom stereocenters. The minimum atomic E-state index is 0.0573. The molecule has 0 aromatic heterocycles. The molecule has 0 amide bonds. The topological polar surface area (TPSA) is 29.1 Å². The molecule has 0 rings (SSSR count). The Hall–Kier alpha value is -0.0800. The molecule has 0 spiro atoms. The predicted molar refractivity (Wildman–Crippen MR) is 30.7 cm³/mol. The van der Waals surface area contributed by atoms with E-state index in [-0.39, 0.29) is 5.41 Å². The summed E-state index contributed by atoms with van der Waals surface area (Å²) in [6.07, 6.45) is 0.981. The van der Waals surface area contributed by atoms with Crippen LogP contribution < -0.4 is 0 Å². The summed E-state index contributed by atoms with van der Waals surface area (Å²) in [5.41, 5.74) is 0.0573. The quantitative estimate of drug-likeness (QED) is 0.409. The Labute approximate surface area is 50.4 Å². The minimum absolute atomic E-state index is 0.0573. The van der Waals surface area contributed by atoms with Gasteiger partial charge >= 0.3 is 0 Å². The van der Waals surface area contributed by atoms with Crippen LogP contribution in [0, 0.1) is 5.41 Å². The smallest absolute Gasteiger partial charge is 0.0905 e. The first-order chi connectivity index (χ1) is 3.62. The summed E-state index contributed by atoms with van der Waals surface area (Å²) >= 11 is 0. The highest BCUT2D eigenvalue weighted by molar-refractivity contribution is 4.63. The van der Waals surface area contributed by atoms with Crippen LogP contribution in [-0.2, 0) is 10.1 Å². The molecule has 49 valence electrons. The summed E-state index contributed by atoms with van der Waals surface area (Å²) in [5.74, 6) is 0. The third-order valence-corrected chi connectivity index (χ3v) is 1.41. The molecule has 0 saturated carbocycles. The molecule has 0 aromatic rings. The fraction of sp³-hybridized carbons (Fsp3) is 1.00. The van der Waals surface area contributed by atoms with E-state index in [0.717, 1.165) is 6.42 Å². The van der Waals surface area contributed by atoms with Crippen molar-refractivity contribution in [1.29, 1.82) is 0 Å². The van der Waals surface area contributed by atoms with E-state index < -0.39 is 0 Å². The standard InChI is InChI=1S/C6H13O2/c1-4-6(2,3)5-8-7/h4-5H2,1-3H3. The van der Waals surface area contributed by atoms with Gasteiger partial charge in [-0.25, -0.2) is 4.89 Å². The maximum atomic E-state index is 9.60. The number of rotatable bonds is 3. The average Bonchev–Trinajstić information content (AvgIpc) is 1.67. The molecule has 0 unspecified atom stereocenters. The largest absolute Gasteiger partial charge is 0.203 e. The third kappa shape index (κ3) is 2.99. The highest BCUT2D eigenvalue weighted by Gasteiger charge is 2.14. The van der Waals surface area contributed by atoms with E-state index in [2.05, 4.69) is 4.89 Å². The zero-order valence-electron chi connectivity index (χ0n) is 5.73. The lowest BCUT2D eigenvalue weighted by atomic mass is 9.92. The Morgan fingerprint density at radius 1 is 1.50 bits per heavy atom. The Morgan fingerprint density at radius 3 is 2.12 bits per heavy atom. The van der Waals surface area contributed by atoms with E-state index in [1.165, 1.54) is 0 Å². The first kappa shape index (κ1) is 7.92. The van der Waals surface area contributed by atoms with Crippen molar-refractivity contribution >= 4 is 0 Å². The Balaban J connectivity index is 3.37. The molecule has 0 aliphatic rings. The summed E-state index contributed by atoms with van der Waals surface area (Å²) in [5, 5.41) is 9.60. The van der Waals surface area contributed by atoms with Gasteiger partial charge in [0.25, 0.3) is 0 Å². The van der Waals surface area contributed by atoms with Crippen molar-refractivity contribution in [3.05, 3.63) is 0 Å².